The number of fused-ring (bicyclic) bond motifs is 1. The number of benzene rings is 2. The normalized spacial score (nSPS) is 18.2. The van der Waals surface area contributed by atoms with Gasteiger partial charge in [0.15, 0.2) is 0 Å². The molecule has 1 amide bonds. The first kappa shape index (κ1) is 21.6. The van der Waals surface area contributed by atoms with Gasteiger partial charge in [0.1, 0.15) is 29.1 Å². The average Bonchev–Trinajstić information content (AvgIpc) is 3.31. The van der Waals surface area contributed by atoms with Crippen molar-refractivity contribution < 1.29 is 23.8 Å². The zero-order valence-electron chi connectivity index (χ0n) is 18.6. The molecule has 2 heterocycles. The lowest BCUT2D eigenvalue weighted by Gasteiger charge is -2.24. The van der Waals surface area contributed by atoms with E-state index < -0.39 is 17.7 Å². The van der Waals surface area contributed by atoms with Crippen LogP contribution in [0.3, 0.4) is 0 Å². The molecule has 0 bridgehead atoms. The molecule has 1 aliphatic heterocycles. The lowest BCUT2D eigenvalue weighted by Crippen LogP contribution is -2.35. The molecule has 32 heavy (non-hydrogen) atoms. The number of amides is 1. The van der Waals surface area contributed by atoms with Gasteiger partial charge in [-0.3, -0.25) is 9.59 Å². The number of carbonyl (C=O) groups is 2. The van der Waals surface area contributed by atoms with Crippen molar-refractivity contribution in [3.05, 3.63) is 71.2 Å². The molecule has 2 aromatic carbocycles. The zero-order chi connectivity index (χ0) is 23.0. The van der Waals surface area contributed by atoms with Crippen molar-refractivity contribution in [2.24, 2.45) is 0 Å². The number of aliphatic hydroxyl groups is 1. The molecule has 0 radical (unpaired) electrons. The Bertz CT molecular complexity index is 1220. The van der Waals surface area contributed by atoms with Crippen LogP contribution in [-0.2, 0) is 9.59 Å². The van der Waals surface area contributed by atoms with E-state index in [-0.39, 0.29) is 11.3 Å². The first-order valence-corrected chi connectivity index (χ1v) is 10.4. The van der Waals surface area contributed by atoms with Gasteiger partial charge in [0, 0.05) is 18.7 Å². The maximum absolute atomic E-state index is 13.0. The summed E-state index contributed by atoms with van der Waals surface area (Å²) >= 11 is 0. The summed E-state index contributed by atoms with van der Waals surface area (Å²) in [6, 6.07) is 13.7. The van der Waals surface area contributed by atoms with Gasteiger partial charge in [0.05, 0.1) is 12.7 Å². The van der Waals surface area contributed by atoms with Crippen LogP contribution in [0.4, 0.5) is 0 Å². The van der Waals surface area contributed by atoms with Crippen molar-refractivity contribution in [2.75, 3.05) is 34.3 Å². The van der Waals surface area contributed by atoms with Crippen molar-refractivity contribution >= 4 is 28.2 Å². The Hall–Kier alpha value is -3.58. The van der Waals surface area contributed by atoms with Gasteiger partial charge in [-0.1, -0.05) is 18.2 Å². The van der Waals surface area contributed by atoms with Crippen LogP contribution in [0.15, 0.2) is 58.5 Å². The number of furan rings is 1. The lowest BCUT2D eigenvalue weighted by molar-refractivity contribution is -0.140. The van der Waals surface area contributed by atoms with Crippen LogP contribution in [0.2, 0.25) is 0 Å². The number of aliphatic hydroxyl groups excluding tert-OH is 1. The predicted molar refractivity (Wildman–Crippen MR) is 122 cm³/mol. The molecule has 1 N–H and O–H groups in total. The minimum Gasteiger partial charge on any atom is -0.507 e. The van der Waals surface area contributed by atoms with Crippen molar-refractivity contribution in [3.63, 3.8) is 0 Å². The van der Waals surface area contributed by atoms with Gasteiger partial charge < -0.3 is 24.1 Å². The number of methoxy groups -OCH3 is 1. The Morgan fingerprint density at radius 1 is 1.09 bits per heavy atom. The Morgan fingerprint density at radius 2 is 1.81 bits per heavy atom. The molecule has 1 unspecified atom stereocenters. The van der Waals surface area contributed by atoms with E-state index >= 15 is 0 Å². The molecule has 7 heteroatoms. The molecule has 4 rings (SSSR count). The molecule has 1 aliphatic rings. The minimum atomic E-state index is -0.782. The minimum absolute atomic E-state index is 0.0379. The van der Waals surface area contributed by atoms with E-state index in [1.807, 2.05) is 43.3 Å². The fraction of sp³-hybridized carbons (Fsp3) is 0.280. The van der Waals surface area contributed by atoms with Crippen LogP contribution >= 0.6 is 0 Å². The van der Waals surface area contributed by atoms with Crippen molar-refractivity contribution in [3.8, 4) is 5.75 Å². The number of carbonyl (C=O) groups excluding carboxylic acids is 2. The highest BCUT2D eigenvalue weighted by Gasteiger charge is 2.47. The quantitative estimate of drug-likeness (QED) is 0.362. The van der Waals surface area contributed by atoms with Crippen LogP contribution in [0, 0.1) is 6.92 Å². The number of ketones is 1. The van der Waals surface area contributed by atoms with Crippen molar-refractivity contribution in [1.82, 2.24) is 9.80 Å². The third-order valence-corrected chi connectivity index (χ3v) is 5.68. The third-order valence-electron chi connectivity index (χ3n) is 5.68. The highest BCUT2D eigenvalue weighted by Crippen LogP contribution is 2.40. The summed E-state index contributed by atoms with van der Waals surface area (Å²) in [5.41, 5.74) is 0.498. The molecular weight excluding hydrogens is 408 g/mol. The molecule has 1 atom stereocenters. The van der Waals surface area contributed by atoms with Crippen LogP contribution < -0.4 is 4.74 Å². The summed E-state index contributed by atoms with van der Waals surface area (Å²) in [4.78, 5) is 29.3. The van der Waals surface area contributed by atoms with Crippen LogP contribution in [-0.4, -0.2) is 60.9 Å². The molecule has 0 saturated carbocycles. The zero-order valence-corrected chi connectivity index (χ0v) is 18.6. The summed E-state index contributed by atoms with van der Waals surface area (Å²) in [6.45, 7) is 2.70. The topological polar surface area (TPSA) is 83.2 Å². The molecule has 166 valence electrons. The second kappa shape index (κ2) is 8.51. The van der Waals surface area contributed by atoms with Gasteiger partial charge >= 0.3 is 0 Å². The first-order chi connectivity index (χ1) is 15.3. The Morgan fingerprint density at radius 3 is 2.47 bits per heavy atom. The largest absolute Gasteiger partial charge is 0.507 e. The number of aryl methyl sites for hydroxylation is 1. The van der Waals surface area contributed by atoms with E-state index in [1.165, 1.54) is 4.90 Å². The number of Topliss-reactive ketones (excluding diaryl/α,β-unsaturated/α-hetero) is 1. The van der Waals surface area contributed by atoms with Crippen LogP contribution in [0.25, 0.3) is 16.5 Å². The Labute approximate surface area is 186 Å². The van der Waals surface area contributed by atoms with E-state index in [1.54, 1.807) is 38.3 Å². The number of hydrogen-bond acceptors (Lipinski definition) is 6. The monoisotopic (exact) mass is 434 g/mol. The second-order valence-electron chi connectivity index (χ2n) is 8.17. The maximum atomic E-state index is 13.0. The molecule has 0 aliphatic carbocycles. The average molecular weight is 434 g/mol. The maximum Gasteiger partial charge on any atom is 0.295 e. The third kappa shape index (κ3) is 3.87. The van der Waals surface area contributed by atoms with E-state index in [9.17, 15) is 14.7 Å². The highest BCUT2D eigenvalue weighted by atomic mass is 16.5. The fourth-order valence-corrected chi connectivity index (χ4v) is 3.97. The second-order valence-corrected chi connectivity index (χ2v) is 8.17. The number of ether oxygens (including phenoxy) is 1. The summed E-state index contributed by atoms with van der Waals surface area (Å²) in [7, 11) is 5.40. The van der Waals surface area contributed by atoms with Gasteiger partial charge in [-0.05, 0) is 62.1 Å². The van der Waals surface area contributed by atoms with Gasteiger partial charge in [0.25, 0.3) is 11.7 Å². The number of rotatable bonds is 6. The molecule has 1 aromatic heterocycles. The summed E-state index contributed by atoms with van der Waals surface area (Å²) in [6.07, 6.45) is 0. The van der Waals surface area contributed by atoms with Crippen molar-refractivity contribution in [2.45, 2.75) is 13.0 Å². The fourth-order valence-electron chi connectivity index (χ4n) is 3.97. The number of likely N-dealkylation sites (N-methyl/N-ethyl adjacent to an activating group) is 1. The van der Waals surface area contributed by atoms with Crippen LogP contribution in [0.1, 0.15) is 23.1 Å². The highest BCUT2D eigenvalue weighted by molar-refractivity contribution is 6.46. The first-order valence-electron chi connectivity index (χ1n) is 10.4. The Kier molecular flexibility index (Phi) is 5.76. The standard InChI is InChI=1S/C25H26N2O5/c1-15-5-10-20(32-15)22-21(24(29)25(30)27(22)12-11-26(2)3)23(28)18-7-6-17-14-19(31-4)9-8-16(17)13-18/h5-10,13-14,22,28H,11-12H2,1-4H3/b23-21+. The lowest BCUT2D eigenvalue weighted by atomic mass is 9.97. The summed E-state index contributed by atoms with van der Waals surface area (Å²) in [5.74, 6) is 0.278. The van der Waals surface area contributed by atoms with E-state index in [0.717, 1.165) is 16.5 Å². The molecule has 7 nitrogen and oxygen atoms in total. The summed E-state index contributed by atoms with van der Waals surface area (Å²) in [5, 5.41) is 13.0. The van der Waals surface area contributed by atoms with E-state index in [2.05, 4.69) is 0 Å². The van der Waals surface area contributed by atoms with Crippen molar-refractivity contribution in [1.29, 1.82) is 0 Å². The summed E-state index contributed by atoms with van der Waals surface area (Å²) < 4.78 is 11.1. The Balaban J connectivity index is 1.83. The van der Waals surface area contributed by atoms with Gasteiger partial charge in [0.2, 0.25) is 0 Å². The van der Waals surface area contributed by atoms with Gasteiger partial charge in [-0.2, -0.15) is 0 Å². The van der Waals surface area contributed by atoms with Gasteiger partial charge in [-0.15, -0.1) is 0 Å². The molecule has 0 spiro atoms. The predicted octanol–water partition coefficient (Wildman–Crippen LogP) is 3.73. The van der Waals surface area contributed by atoms with Gasteiger partial charge in [-0.25, -0.2) is 0 Å². The van der Waals surface area contributed by atoms with E-state index in [0.29, 0.717) is 30.2 Å². The molecule has 3 aromatic rings. The van der Waals surface area contributed by atoms with E-state index in [4.69, 9.17) is 9.15 Å². The molecular formula is C25H26N2O5. The number of nitrogens with zero attached hydrogens (tertiary/aromatic N) is 2. The van der Waals surface area contributed by atoms with Crippen LogP contribution in [0.5, 0.6) is 5.75 Å². The SMILES string of the molecule is COc1ccc2cc(/C(O)=C3\C(=O)C(=O)N(CCN(C)C)C3c3ccc(C)o3)ccc2c1. The number of likely N-dealkylation sites (tertiary alicyclic amines) is 1. The number of hydrogen-bond donors (Lipinski definition) is 1. The molecule has 1 saturated heterocycles. The smallest absolute Gasteiger partial charge is 0.295 e. The molecule has 1 fully saturated rings.